The molecule has 4 rings (SSSR count). The Hall–Kier alpha value is -2.18. The van der Waals surface area contributed by atoms with Crippen molar-refractivity contribution < 1.29 is 9.53 Å². The van der Waals surface area contributed by atoms with E-state index in [-0.39, 0.29) is 5.91 Å². The summed E-state index contributed by atoms with van der Waals surface area (Å²) < 4.78 is 7.44. The maximum absolute atomic E-state index is 12.8. The topological polar surface area (TPSA) is 50.6 Å². The summed E-state index contributed by atoms with van der Waals surface area (Å²) in [5, 5.41) is 0. The lowest BCUT2D eigenvalue weighted by Crippen LogP contribution is -2.45. The van der Waals surface area contributed by atoms with Gasteiger partial charge in [-0.15, -0.1) is 0 Å². The summed E-state index contributed by atoms with van der Waals surface area (Å²) in [6.07, 6.45) is 6.57. The summed E-state index contributed by atoms with van der Waals surface area (Å²) in [7, 11) is 0. The minimum Gasteiger partial charge on any atom is -0.379 e. The molecule has 1 amide bonds. The molecule has 2 aliphatic rings. The second kappa shape index (κ2) is 7.37. The van der Waals surface area contributed by atoms with E-state index < -0.39 is 0 Å². The molecule has 6 nitrogen and oxygen atoms in total. The van der Waals surface area contributed by atoms with E-state index in [1.807, 2.05) is 39.9 Å². The molecule has 0 aliphatic carbocycles. The number of hydrogen-bond acceptors (Lipinski definition) is 4. The molecule has 1 atom stereocenters. The number of amides is 1. The van der Waals surface area contributed by atoms with Gasteiger partial charge in [-0.3, -0.25) is 9.69 Å². The van der Waals surface area contributed by atoms with Crippen molar-refractivity contribution in [1.82, 2.24) is 19.4 Å². The van der Waals surface area contributed by atoms with Crippen LogP contribution in [-0.2, 0) is 11.3 Å². The Bertz CT molecular complexity index is 693. The number of ether oxygens (including phenoxy) is 1. The molecular formula is C19H24N4O2. The van der Waals surface area contributed by atoms with Crippen molar-refractivity contribution in [1.29, 1.82) is 0 Å². The van der Waals surface area contributed by atoms with Gasteiger partial charge >= 0.3 is 0 Å². The first-order valence-corrected chi connectivity index (χ1v) is 8.95. The van der Waals surface area contributed by atoms with Crippen LogP contribution in [0, 0.1) is 0 Å². The molecule has 25 heavy (non-hydrogen) atoms. The maximum Gasteiger partial charge on any atom is 0.253 e. The highest BCUT2D eigenvalue weighted by molar-refractivity contribution is 5.94. The van der Waals surface area contributed by atoms with Crippen molar-refractivity contribution in [3.05, 3.63) is 54.1 Å². The zero-order chi connectivity index (χ0) is 17.1. The molecule has 0 N–H and O–H groups in total. The first kappa shape index (κ1) is 16.3. The van der Waals surface area contributed by atoms with Gasteiger partial charge in [-0.25, -0.2) is 4.98 Å². The highest BCUT2D eigenvalue weighted by Gasteiger charge is 2.31. The summed E-state index contributed by atoms with van der Waals surface area (Å²) >= 11 is 0. The number of rotatable bonds is 4. The van der Waals surface area contributed by atoms with Crippen LogP contribution in [-0.4, -0.2) is 70.7 Å². The maximum atomic E-state index is 12.8. The van der Waals surface area contributed by atoms with Crippen LogP contribution < -0.4 is 0 Å². The molecule has 1 aromatic carbocycles. The van der Waals surface area contributed by atoms with Gasteiger partial charge in [0, 0.05) is 56.7 Å². The van der Waals surface area contributed by atoms with Crippen molar-refractivity contribution in [2.45, 2.75) is 19.0 Å². The highest BCUT2D eigenvalue weighted by atomic mass is 16.5. The van der Waals surface area contributed by atoms with E-state index in [9.17, 15) is 4.79 Å². The van der Waals surface area contributed by atoms with E-state index >= 15 is 0 Å². The molecule has 0 spiro atoms. The minimum absolute atomic E-state index is 0.143. The molecule has 2 aromatic rings. The first-order valence-electron chi connectivity index (χ1n) is 8.95. The second-order valence-electron chi connectivity index (χ2n) is 6.77. The van der Waals surface area contributed by atoms with Gasteiger partial charge in [0.2, 0.25) is 0 Å². The number of morpholine rings is 1. The summed E-state index contributed by atoms with van der Waals surface area (Å²) in [5.74, 6) is 0.143. The van der Waals surface area contributed by atoms with Crippen molar-refractivity contribution in [2.75, 3.05) is 39.4 Å². The average molecular weight is 340 g/mol. The Morgan fingerprint density at radius 2 is 1.96 bits per heavy atom. The number of carbonyl (C=O) groups is 1. The zero-order valence-electron chi connectivity index (χ0n) is 14.4. The van der Waals surface area contributed by atoms with Crippen molar-refractivity contribution in [3.63, 3.8) is 0 Å². The predicted octanol–water partition coefficient (Wildman–Crippen LogP) is 1.48. The molecule has 0 bridgehead atoms. The third kappa shape index (κ3) is 3.75. The van der Waals surface area contributed by atoms with E-state index in [0.29, 0.717) is 6.04 Å². The van der Waals surface area contributed by atoms with Crippen LogP contribution in [0.3, 0.4) is 0 Å². The lowest BCUT2D eigenvalue weighted by Gasteiger charge is -2.32. The SMILES string of the molecule is O=C(c1ccc(Cn2ccnc2)cc1)N1CCC(N2CCOCC2)C1. The highest BCUT2D eigenvalue weighted by Crippen LogP contribution is 2.19. The third-order valence-corrected chi connectivity index (χ3v) is 5.14. The molecule has 3 heterocycles. The Balaban J connectivity index is 1.36. The van der Waals surface area contributed by atoms with Crippen LogP contribution in [0.4, 0.5) is 0 Å². The quantitative estimate of drug-likeness (QED) is 0.846. The van der Waals surface area contributed by atoms with Gasteiger partial charge in [0.1, 0.15) is 0 Å². The van der Waals surface area contributed by atoms with Gasteiger partial charge in [-0.2, -0.15) is 0 Å². The molecular weight excluding hydrogens is 316 g/mol. The van der Waals surface area contributed by atoms with Crippen LogP contribution in [0.25, 0.3) is 0 Å². The molecule has 2 aliphatic heterocycles. The van der Waals surface area contributed by atoms with Crippen LogP contribution in [0.15, 0.2) is 43.0 Å². The van der Waals surface area contributed by atoms with Crippen molar-refractivity contribution in [3.8, 4) is 0 Å². The molecule has 6 heteroatoms. The number of nitrogens with zero attached hydrogens (tertiary/aromatic N) is 4. The van der Waals surface area contributed by atoms with E-state index in [1.54, 1.807) is 12.5 Å². The number of hydrogen-bond donors (Lipinski definition) is 0. The number of carbonyl (C=O) groups excluding carboxylic acids is 1. The summed E-state index contributed by atoms with van der Waals surface area (Å²) in [6, 6.07) is 8.42. The molecule has 1 unspecified atom stereocenters. The standard InChI is InChI=1S/C19H24N4O2/c24-19(23-7-5-18(14-23)22-9-11-25-12-10-22)17-3-1-16(2-4-17)13-21-8-6-20-15-21/h1-4,6,8,15,18H,5,7,9-14H2. The molecule has 2 saturated heterocycles. The van der Waals surface area contributed by atoms with Crippen LogP contribution in [0.1, 0.15) is 22.3 Å². The summed E-state index contributed by atoms with van der Waals surface area (Å²) in [5.41, 5.74) is 1.94. The largest absolute Gasteiger partial charge is 0.379 e. The Labute approximate surface area is 148 Å². The van der Waals surface area contributed by atoms with Crippen LogP contribution in [0.2, 0.25) is 0 Å². The number of benzene rings is 1. The molecule has 132 valence electrons. The second-order valence-corrected chi connectivity index (χ2v) is 6.77. The van der Waals surface area contributed by atoms with Gasteiger partial charge in [-0.1, -0.05) is 12.1 Å². The fourth-order valence-corrected chi connectivity index (χ4v) is 3.69. The Morgan fingerprint density at radius 3 is 2.68 bits per heavy atom. The minimum atomic E-state index is 0.143. The Kier molecular flexibility index (Phi) is 4.81. The van der Waals surface area contributed by atoms with Gasteiger partial charge in [0.25, 0.3) is 5.91 Å². The summed E-state index contributed by atoms with van der Waals surface area (Å²) in [6.45, 7) is 6.03. The number of likely N-dealkylation sites (tertiary alicyclic amines) is 1. The fourth-order valence-electron chi connectivity index (χ4n) is 3.69. The van der Waals surface area contributed by atoms with Crippen molar-refractivity contribution >= 4 is 5.91 Å². The molecule has 0 saturated carbocycles. The lowest BCUT2D eigenvalue weighted by molar-refractivity contribution is 0.0185. The van der Waals surface area contributed by atoms with E-state index in [1.165, 1.54) is 5.56 Å². The van der Waals surface area contributed by atoms with E-state index in [2.05, 4.69) is 9.88 Å². The van der Waals surface area contributed by atoms with E-state index in [0.717, 1.165) is 57.9 Å². The average Bonchev–Trinajstić information content (AvgIpc) is 3.34. The molecule has 2 fully saturated rings. The third-order valence-electron chi connectivity index (χ3n) is 5.14. The smallest absolute Gasteiger partial charge is 0.253 e. The van der Waals surface area contributed by atoms with Crippen LogP contribution in [0.5, 0.6) is 0 Å². The van der Waals surface area contributed by atoms with Crippen LogP contribution >= 0.6 is 0 Å². The first-order chi connectivity index (χ1) is 12.3. The molecule has 1 aromatic heterocycles. The van der Waals surface area contributed by atoms with Crippen molar-refractivity contribution in [2.24, 2.45) is 0 Å². The summed E-state index contributed by atoms with van der Waals surface area (Å²) in [4.78, 5) is 21.3. The van der Waals surface area contributed by atoms with Gasteiger partial charge in [0.05, 0.1) is 19.5 Å². The van der Waals surface area contributed by atoms with Gasteiger partial charge in [-0.05, 0) is 24.1 Å². The van der Waals surface area contributed by atoms with Gasteiger partial charge in [0.15, 0.2) is 0 Å². The van der Waals surface area contributed by atoms with E-state index in [4.69, 9.17) is 4.74 Å². The monoisotopic (exact) mass is 340 g/mol. The predicted molar refractivity (Wildman–Crippen MR) is 94.5 cm³/mol. The number of imidazole rings is 1. The number of aromatic nitrogens is 2. The van der Waals surface area contributed by atoms with Gasteiger partial charge < -0.3 is 14.2 Å². The zero-order valence-corrected chi connectivity index (χ0v) is 14.4. The lowest BCUT2D eigenvalue weighted by atomic mass is 10.1. The Morgan fingerprint density at radius 1 is 1.16 bits per heavy atom. The molecule has 0 radical (unpaired) electrons. The fraction of sp³-hybridized carbons (Fsp3) is 0.474. The normalized spacial score (nSPS) is 21.6.